The van der Waals surface area contributed by atoms with Crippen LogP contribution >= 0.6 is 0 Å². The molecule has 1 amide bonds. The molecule has 0 atom stereocenters. The number of benzene rings is 1. The number of para-hydroxylation sites is 1. The van der Waals surface area contributed by atoms with Crippen molar-refractivity contribution < 1.29 is 19.1 Å². The van der Waals surface area contributed by atoms with E-state index in [9.17, 15) is 9.59 Å². The van der Waals surface area contributed by atoms with Gasteiger partial charge in [-0.25, -0.2) is 4.79 Å². The number of amides is 1. The van der Waals surface area contributed by atoms with Crippen LogP contribution in [-0.2, 0) is 14.3 Å². The second-order valence-corrected chi connectivity index (χ2v) is 6.06. The number of nitrogens with zero attached hydrogens (tertiary/aromatic N) is 1. The Labute approximate surface area is 142 Å². The van der Waals surface area contributed by atoms with Crippen LogP contribution in [0, 0.1) is 5.92 Å². The van der Waals surface area contributed by atoms with E-state index in [1.165, 1.54) is 7.11 Å². The average molecular weight is 329 g/mol. The third-order valence-corrected chi connectivity index (χ3v) is 3.89. The summed E-state index contributed by atoms with van der Waals surface area (Å²) in [5, 5.41) is 0. The van der Waals surface area contributed by atoms with Crippen LogP contribution in [0.15, 0.2) is 41.1 Å². The Morgan fingerprint density at radius 3 is 2.50 bits per heavy atom. The molecule has 0 aromatic heterocycles. The van der Waals surface area contributed by atoms with Crippen LogP contribution in [0.1, 0.15) is 26.3 Å². The Bertz CT molecular complexity index is 716. The monoisotopic (exact) mass is 329 g/mol. The van der Waals surface area contributed by atoms with E-state index in [-0.39, 0.29) is 11.8 Å². The summed E-state index contributed by atoms with van der Waals surface area (Å²) in [6.45, 7) is 6.38. The number of methoxy groups -OCH3 is 2. The fourth-order valence-electron chi connectivity index (χ4n) is 2.75. The molecule has 1 heterocycles. The number of carbonyl (C=O) groups excluding carboxylic acids is 2. The van der Waals surface area contributed by atoms with Crippen LogP contribution in [0.3, 0.4) is 0 Å². The van der Waals surface area contributed by atoms with Crippen molar-refractivity contribution in [1.82, 2.24) is 4.90 Å². The Hall–Kier alpha value is -2.56. The molecule has 0 radical (unpaired) electrons. The molecular formula is C19H23NO4. The van der Waals surface area contributed by atoms with Gasteiger partial charge in [0.05, 0.1) is 25.4 Å². The van der Waals surface area contributed by atoms with Crippen molar-refractivity contribution in [1.29, 1.82) is 0 Å². The van der Waals surface area contributed by atoms with Crippen LogP contribution in [0.25, 0.3) is 6.08 Å². The smallest absolute Gasteiger partial charge is 0.340 e. The molecule has 0 fully saturated rings. The standard InChI is InChI=1S/C19H23NO4/c1-12(2)11-20-13(3)17(19(22)24-5)15(18(20)21)10-14-8-6-7-9-16(14)23-4/h6-10,12H,11H2,1-5H3/b15-10+. The van der Waals surface area contributed by atoms with Crippen LogP contribution < -0.4 is 4.74 Å². The average Bonchev–Trinajstić information content (AvgIpc) is 2.79. The predicted molar refractivity (Wildman–Crippen MR) is 92.2 cm³/mol. The van der Waals surface area contributed by atoms with E-state index < -0.39 is 5.97 Å². The second kappa shape index (κ2) is 7.34. The molecule has 0 spiro atoms. The first-order valence-electron chi connectivity index (χ1n) is 7.86. The lowest BCUT2D eigenvalue weighted by Gasteiger charge is -2.19. The minimum atomic E-state index is -0.506. The number of allylic oxidation sites excluding steroid dienone is 1. The van der Waals surface area contributed by atoms with Crippen molar-refractivity contribution >= 4 is 18.0 Å². The van der Waals surface area contributed by atoms with Crippen molar-refractivity contribution in [2.24, 2.45) is 5.92 Å². The number of hydrogen-bond acceptors (Lipinski definition) is 4. The number of esters is 1. The van der Waals surface area contributed by atoms with E-state index in [2.05, 4.69) is 0 Å². The Morgan fingerprint density at radius 1 is 1.25 bits per heavy atom. The van der Waals surface area contributed by atoms with Gasteiger partial charge < -0.3 is 14.4 Å². The molecule has 0 unspecified atom stereocenters. The van der Waals surface area contributed by atoms with Crippen molar-refractivity contribution in [2.75, 3.05) is 20.8 Å². The summed E-state index contributed by atoms with van der Waals surface area (Å²) >= 11 is 0. The fraction of sp³-hybridized carbons (Fsp3) is 0.368. The Kier molecular flexibility index (Phi) is 5.44. The van der Waals surface area contributed by atoms with Gasteiger partial charge in [0.25, 0.3) is 5.91 Å². The largest absolute Gasteiger partial charge is 0.496 e. The van der Waals surface area contributed by atoms with Gasteiger partial charge in [-0.3, -0.25) is 4.79 Å². The maximum atomic E-state index is 12.9. The third kappa shape index (κ3) is 3.35. The molecule has 24 heavy (non-hydrogen) atoms. The highest BCUT2D eigenvalue weighted by Crippen LogP contribution is 2.33. The van der Waals surface area contributed by atoms with Gasteiger partial charge in [0.2, 0.25) is 0 Å². The molecule has 128 valence electrons. The SMILES string of the molecule is COC(=O)C1=C(C)N(CC(C)C)C(=O)/C1=C/c1ccccc1OC. The number of hydrogen-bond donors (Lipinski definition) is 0. The van der Waals surface area contributed by atoms with Crippen molar-refractivity contribution in [3.63, 3.8) is 0 Å². The summed E-state index contributed by atoms with van der Waals surface area (Å²) in [6, 6.07) is 7.36. The molecule has 5 nitrogen and oxygen atoms in total. The molecule has 2 rings (SSSR count). The highest BCUT2D eigenvalue weighted by Gasteiger charge is 2.37. The molecule has 0 saturated carbocycles. The van der Waals surface area contributed by atoms with Gasteiger partial charge in [0.1, 0.15) is 5.75 Å². The zero-order valence-electron chi connectivity index (χ0n) is 14.8. The number of carbonyl (C=O) groups is 2. The first kappa shape index (κ1) is 17.8. The summed E-state index contributed by atoms with van der Waals surface area (Å²) in [7, 11) is 2.89. The van der Waals surface area contributed by atoms with Crippen molar-refractivity contribution in [3.8, 4) is 5.75 Å². The molecule has 0 saturated heterocycles. The summed E-state index contributed by atoms with van der Waals surface area (Å²) in [5.41, 5.74) is 2.02. The van der Waals surface area contributed by atoms with Gasteiger partial charge in [-0.2, -0.15) is 0 Å². The highest BCUT2D eigenvalue weighted by atomic mass is 16.5. The molecular weight excluding hydrogens is 306 g/mol. The second-order valence-electron chi connectivity index (χ2n) is 6.06. The Morgan fingerprint density at radius 2 is 1.92 bits per heavy atom. The zero-order valence-corrected chi connectivity index (χ0v) is 14.8. The fourth-order valence-corrected chi connectivity index (χ4v) is 2.75. The normalized spacial score (nSPS) is 16.3. The zero-order chi connectivity index (χ0) is 17.9. The Balaban J connectivity index is 2.56. The summed E-state index contributed by atoms with van der Waals surface area (Å²) in [4.78, 5) is 26.7. The summed E-state index contributed by atoms with van der Waals surface area (Å²) in [5.74, 6) is 0.233. The van der Waals surface area contributed by atoms with Gasteiger partial charge in [-0.1, -0.05) is 32.0 Å². The van der Waals surface area contributed by atoms with Gasteiger partial charge in [0, 0.05) is 17.8 Å². The van der Waals surface area contributed by atoms with Gasteiger partial charge in [-0.05, 0) is 25.0 Å². The highest BCUT2D eigenvalue weighted by molar-refractivity contribution is 6.16. The lowest BCUT2D eigenvalue weighted by molar-refractivity contribution is -0.136. The molecule has 1 aliphatic heterocycles. The number of ether oxygens (including phenoxy) is 2. The maximum absolute atomic E-state index is 12.9. The van der Waals surface area contributed by atoms with Gasteiger partial charge in [0.15, 0.2) is 0 Å². The van der Waals surface area contributed by atoms with Crippen molar-refractivity contribution in [3.05, 3.63) is 46.7 Å². The lowest BCUT2D eigenvalue weighted by atomic mass is 10.0. The quantitative estimate of drug-likeness (QED) is 0.615. The summed E-state index contributed by atoms with van der Waals surface area (Å²) < 4.78 is 10.2. The third-order valence-electron chi connectivity index (χ3n) is 3.89. The van der Waals surface area contributed by atoms with Crippen molar-refractivity contribution in [2.45, 2.75) is 20.8 Å². The van der Waals surface area contributed by atoms with Crippen LogP contribution in [0.4, 0.5) is 0 Å². The van der Waals surface area contributed by atoms with Crippen LogP contribution in [0.5, 0.6) is 5.75 Å². The first-order valence-corrected chi connectivity index (χ1v) is 7.86. The van der Waals surface area contributed by atoms with E-state index >= 15 is 0 Å². The topological polar surface area (TPSA) is 55.8 Å². The lowest BCUT2D eigenvalue weighted by Crippen LogP contribution is -2.28. The van der Waals surface area contributed by atoms with E-state index in [1.54, 1.807) is 25.0 Å². The molecule has 1 aromatic carbocycles. The van der Waals surface area contributed by atoms with Crippen LogP contribution in [-0.4, -0.2) is 37.5 Å². The molecule has 5 heteroatoms. The molecule has 0 bridgehead atoms. The summed E-state index contributed by atoms with van der Waals surface area (Å²) in [6.07, 6.45) is 1.69. The minimum absolute atomic E-state index is 0.187. The minimum Gasteiger partial charge on any atom is -0.496 e. The molecule has 0 aliphatic carbocycles. The van der Waals surface area contributed by atoms with Gasteiger partial charge in [-0.15, -0.1) is 0 Å². The van der Waals surface area contributed by atoms with E-state index in [0.717, 1.165) is 5.56 Å². The van der Waals surface area contributed by atoms with E-state index in [1.807, 2.05) is 38.1 Å². The van der Waals surface area contributed by atoms with Crippen LogP contribution in [0.2, 0.25) is 0 Å². The first-order chi connectivity index (χ1) is 11.4. The predicted octanol–water partition coefficient (Wildman–Crippen LogP) is 3.02. The molecule has 1 aromatic rings. The van der Waals surface area contributed by atoms with E-state index in [4.69, 9.17) is 9.47 Å². The molecule has 0 N–H and O–H groups in total. The number of rotatable bonds is 5. The van der Waals surface area contributed by atoms with Gasteiger partial charge >= 0.3 is 5.97 Å². The maximum Gasteiger partial charge on any atom is 0.340 e. The molecule has 1 aliphatic rings. The van der Waals surface area contributed by atoms with E-state index in [0.29, 0.717) is 29.1 Å².